The number of hydrogen-bond donors (Lipinski definition) is 2. The number of piperidine rings is 1. The van der Waals surface area contributed by atoms with Crippen molar-refractivity contribution in [3.63, 3.8) is 0 Å². The Labute approximate surface area is 121 Å². The number of hydrogen-bond acceptors (Lipinski definition) is 3. The minimum absolute atomic E-state index is 0. The molecule has 1 aliphatic rings. The molecule has 0 amide bonds. The Hall–Kier alpha value is -0.830. The second-order valence-electron chi connectivity index (χ2n) is 4.34. The lowest BCUT2D eigenvalue weighted by Gasteiger charge is -2.23. The quantitative estimate of drug-likeness (QED) is 0.827. The molecule has 1 heterocycles. The average Bonchev–Trinajstić information content (AvgIpc) is 2.36. The smallest absolute Gasteiger partial charge is 0.243 e. The summed E-state index contributed by atoms with van der Waals surface area (Å²) in [5, 5.41) is 2.99. The van der Waals surface area contributed by atoms with E-state index in [1.807, 2.05) is 0 Å². The van der Waals surface area contributed by atoms with E-state index in [4.69, 9.17) is 0 Å². The third-order valence-corrected chi connectivity index (χ3v) is 4.45. The van der Waals surface area contributed by atoms with Gasteiger partial charge >= 0.3 is 0 Å². The van der Waals surface area contributed by atoms with Crippen molar-refractivity contribution in [3.8, 4) is 0 Å². The van der Waals surface area contributed by atoms with Gasteiger partial charge in [0.05, 0.1) is 0 Å². The maximum absolute atomic E-state index is 13.5. The van der Waals surface area contributed by atoms with Crippen LogP contribution in [0, 0.1) is 17.5 Å². The molecule has 9 heteroatoms. The van der Waals surface area contributed by atoms with Crippen molar-refractivity contribution in [2.45, 2.75) is 23.8 Å². The predicted octanol–water partition coefficient (Wildman–Crippen LogP) is 1.56. The van der Waals surface area contributed by atoms with Crippen molar-refractivity contribution in [3.05, 3.63) is 29.6 Å². The van der Waals surface area contributed by atoms with Gasteiger partial charge < -0.3 is 5.32 Å². The molecule has 1 aromatic carbocycles. The van der Waals surface area contributed by atoms with E-state index in [0.29, 0.717) is 25.1 Å². The molecule has 20 heavy (non-hydrogen) atoms. The second-order valence-corrected chi connectivity index (χ2v) is 6.02. The summed E-state index contributed by atoms with van der Waals surface area (Å²) in [6.45, 7) is 1.21. The number of benzene rings is 1. The number of sulfonamides is 1. The van der Waals surface area contributed by atoms with Gasteiger partial charge in [-0.25, -0.2) is 26.3 Å². The normalized spacial score (nSPS) is 19.4. The molecule has 4 nitrogen and oxygen atoms in total. The van der Waals surface area contributed by atoms with Crippen LogP contribution in [0.3, 0.4) is 0 Å². The van der Waals surface area contributed by atoms with E-state index in [0.717, 1.165) is 13.0 Å². The topological polar surface area (TPSA) is 58.2 Å². The molecule has 1 atom stereocenters. The Morgan fingerprint density at radius 2 is 1.90 bits per heavy atom. The zero-order valence-electron chi connectivity index (χ0n) is 10.3. The van der Waals surface area contributed by atoms with Crippen molar-refractivity contribution < 1.29 is 21.6 Å². The summed E-state index contributed by atoms with van der Waals surface area (Å²) in [7, 11) is -4.20. The van der Waals surface area contributed by atoms with Crippen molar-refractivity contribution in [1.29, 1.82) is 0 Å². The molecule has 0 unspecified atom stereocenters. The highest BCUT2D eigenvalue weighted by atomic mass is 35.5. The molecular weight excluding hydrogens is 317 g/mol. The van der Waals surface area contributed by atoms with Crippen molar-refractivity contribution in [2.75, 3.05) is 13.1 Å². The summed E-state index contributed by atoms with van der Waals surface area (Å²) in [6.07, 6.45) is 1.39. The first-order chi connectivity index (χ1) is 8.92. The van der Waals surface area contributed by atoms with Gasteiger partial charge in [-0.1, -0.05) is 0 Å². The van der Waals surface area contributed by atoms with Crippen molar-refractivity contribution in [1.82, 2.24) is 10.0 Å². The molecule has 2 rings (SSSR count). The monoisotopic (exact) mass is 330 g/mol. The molecule has 0 bridgehead atoms. The van der Waals surface area contributed by atoms with Gasteiger partial charge in [0.25, 0.3) is 0 Å². The molecule has 2 N–H and O–H groups in total. The predicted molar refractivity (Wildman–Crippen MR) is 69.8 cm³/mol. The maximum atomic E-state index is 13.5. The number of rotatable bonds is 3. The highest BCUT2D eigenvalue weighted by molar-refractivity contribution is 7.89. The molecular formula is C11H14ClF3N2O2S. The van der Waals surface area contributed by atoms with Gasteiger partial charge in [0.2, 0.25) is 10.0 Å². The Bertz CT molecular complexity index is 577. The highest BCUT2D eigenvalue weighted by Gasteiger charge is 2.27. The first kappa shape index (κ1) is 17.2. The van der Waals surface area contributed by atoms with E-state index < -0.39 is 32.4 Å². The van der Waals surface area contributed by atoms with Gasteiger partial charge in [0.15, 0.2) is 17.5 Å². The van der Waals surface area contributed by atoms with Crippen LogP contribution in [0.2, 0.25) is 0 Å². The molecule has 0 spiro atoms. The SMILES string of the molecule is Cl.O=S(=O)(N[C@H]1CCCNC1)c1ccc(F)c(F)c1F. The molecule has 0 radical (unpaired) electrons. The molecule has 0 aromatic heterocycles. The van der Waals surface area contributed by atoms with Crippen LogP contribution in [0.25, 0.3) is 0 Å². The van der Waals surface area contributed by atoms with E-state index in [1.165, 1.54) is 0 Å². The second kappa shape index (κ2) is 6.75. The first-order valence-corrected chi connectivity index (χ1v) is 7.26. The summed E-state index contributed by atoms with van der Waals surface area (Å²) < 4.78 is 65.4. The van der Waals surface area contributed by atoms with Crippen LogP contribution in [0.1, 0.15) is 12.8 Å². The fourth-order valence-electron chi connectivity index (χ4n) is 1.95. The molecule has 0 aliphatic carbocycles. The summed E-state index contributed by atoms with van der Waals surface area (Å²) in [5.74, 6) is -4.91. The summed E-state index contributed by atoms with van der Waals surface area (Å²) >= 11 is 0. The van der Waals surface area contributed by atoms with Crippen LogP contribution in [-0.2, 0) is 10.0 Å². The molecule has 1 saturated heterocycles. The first-order valence-electron chi connectivity index (χ1n) is 5.78. The minimum atomic E-state index is -4.20. The zero-order valence-corrected chi connectivity index (χ0v) is 12.0. The maximum Gasteiger partial charge on any atom is 0.243 e. The standard InChI is InChI=1S/C11H13F3N2O2S.ClH/c12-8-3-4-9(11(14)10(8)13)19(17,18)16-7-2-1-5-15-6-7;/h3-4,7,15-16H,1-2,5-6H2;1H/t7-;/m0./s1. The molecule has 114 valence electrons. The van der Waals surface area contributed by atoms with Crippen LogP contribution >= 0.6 is 12.4 Å². The van der Waals surface area contributed by atoms with Crippen LogP contribution in [-0.4, -0.2) is 27.5 Å². The van der Waals surface area contributed by atoms with E-state index in [1.54, 1.807) is 0 Å². The Morgan fingerprint density at radius 1 is 1.20 bits per heavy atom. The summed E-state index contributed by atoms with van der Waals surface area (Å²) in [4.78, 5) is -0.878. The Morgan fingerprint density at radius 3 is 2.50 bits per heavy atom. The fraction of sp³-hybridized carbons (Fsp3) is 0.455. The Balaban J connectivity index is 0.00000200. The molecule has 1 aromatic rings. The Kier molecular flexibility index (Phi) is 5.81. The van der Waals surface area contributed by atoms with Gasteiger partial charge in [-0.3, -0.25) is 0 Å². The van der Waals surface area contributed by atoms with Gasteiger partial charge in [0, 0.05) is 12.6 Å². The fourth-order valence-corrected chi connectivity index (χ4v) is 3.29. The third kappa shape index (κ3) is 3.63. The van der Waals surface area contributed by atoms with Crippen LogP contribution < -0.4 is 10.0 Å². The third-order valence-electron chi connectivity index (χ3n) is 2.91. The lowest BCUT2D eigenvalue weighted by molar-refractivity contribution is 0.419. The van der Waals surface area contributed by atoms with E-state index >= 15 is 0 Å². The molecule has 1 fully saturated rings. The van der Waals surface area contributed by atoms with Crippen molar-refractivity contribution in [2.24, 2.45) is 0 Å². The van der Waals surface area contributed by atoms with Crippen LogP contribution in [0.5, 0.6) is 0 Å². The largest absolute Gasteiger partial charge is 0.315 e. The minimum Gasteiger partial charge on any atom is -0.315 e. The van der Waals surface area contributed by atoms with E-state index in [-0.39, 0.29) is 18.4 Å². The lowest BCUT2D eigenvalue weighted by atomic mass is 10.1. The highest BCUT2D eigenvalue weighted by Crippen LogP contribution is 2.20. The van der Waals surface area contributed by atoms with Gasteiger partial charge in [-0.05, 0) is 31.5 Å². The summed E-state index contributed by atoms with van der Waals surface area (Å²) in [6, 6.07) is 0.921. The average molecular weight is 331 g/mol. The van der Waals surface area contributed by atoms with Gasteiger partial charge in [-0.2, -0.15) is 0 Å². The zero-order chi connectivity index (χ0) is 14.0. The number of halogens is 4. The molecule has 1 aliphatic heterocycles. The number of nitrogens with one attached hydrogen (secondary N) is 2. The summed E-state index contributed by atoms with van der Waals surface area (Å²) in [5.41, 5.74) is 0. The van der Waals surface area contributed by atoms with Gasteiger partial charge in [0.1, 0.15) is 4.90 Å². The van der Waals surface area contributed by atoms with Crippen molar-refractivity contribution >= 4 is 22.4 Å². The lowest BCUT2D eigenvalue weighted by Crippen LogP contribution is -2.45. The van der Waals surface area contributed by atoms with Crippen LogP contribution in [0.4, 0.5) is 13.2 Å². The van der Waals surface area contributed by atoms with E-state index in [2.05, 4.69) is 10.0 Å². The van der Waals surface area contributed by atoms with E-state index in [9.17, 15) is 21.6 Å². The van der Waals surface area contributed by atoms with Gasteiger partial charge in [-0.15, -0.1) is 12.4 Å². The molecule has 0 saturated carbocycles. The van der Waals surface area contributed by atoms with Crippen LogP contribution in [0.15, 0.2) is 17.0 Å².